The van der Waals surface area contributed by atoms with Gasteiger partial charge in [0.1, 0.15) is 5.82 Å². The van der Waals surface area contributed by atoms with Crippen LogP contribution in [-0.2, 0) is 12.8 Å². The van der Waals surface area contributed by atoms with Crippen molar-refractivity contribution in [1.29, 1.82) is 0 Å². The number of carbonyl (C=O) groups is 1. The van der Waals surface area contributed by atoms with Crippen molar-refractivity contribution < 1.29 is 4.79 Å². The number of hydrogen-bond donors (Lipinski definition) is 3. The highest BCUT2D eigenvalue weighted by atomic mass is 79.9. The number of carbonyl (C=O) groups excluding carboxylic acids is 1. The summed E-state index contributed by atoms with van der Waals surface area (Å²) in [5.74, 6) is 0.990. The van der Waals surface area contributed by atoms with Crippen LogP contribution >= 0.6 is 15.9 Å². The second kappa shape index (κ2) is 7.96. The number of nitrogens with zero attached hydrogens (tertiary/aromatic N) is 1. The van der Waals surface area contributed by atoms with Gasteiger partial charge in [0, 0.05) is 35.1 Å². The van der Waals surface area contributed by atoms with Crippen molar-refractivity contribution in [2.75, 3.05) is 23.7 Å². The average molecular weight is 425 g/mol. The standard InChI is InChI=1S/C21H21BrN4O/c22-18-9-10-19(17-6-2-1-5-16(17)18)26-21(27)24-13-11-15-8-7-14-4-3-12-23-20(14)25-15/h1-2,5-10H,3-4,11-13H2,(H,23,25)(H2,24,26,27). The van der Waals surface area contributed by atoms with Crippen molar-refractivity contribution in [2.24, 2.45) is 0 Å². The van der Waals surface area contributed by atoms with Crippen LogP contribution in [0.25, 0.3) is 10.8 Å². The summed E-state index contributed by atoms with van der Waals surface area (Å²) in [6.07, 6.45) is 2.93. The molecule has 3 aromatic rings. The number of fused-ring (bicyclic) bond motifs is 2. The molecule has 0 saturated carbocycles. The normalized spacial score (nSPS) is 12.9. The van der Waals surface area contributed by atoms with Crippen LogP contribution in [0.5, 0.6) is 0 Å². The largest absolute Gasteiger partial charge is 0.370 e. The van der Waals surface area contributed by atoms with Gasteiger partial charge >= 0.3 is 6.03 Å². The van der Waals surface area contributed by atoms with E-state index in [-0.39, 0.29) is 6.03 Å². The summed E-state index contributed by atoms with van der Waals surface area (Å²) in [6, 6.07) is 15.8. The lowest BCUT2D eigenvalue weighted by Gasteiger charge is -2.17. The summed E-state index contributed by atoms with van der Waals surface area (Å²) in [5, 5.41) is 11.3. The van der Waals surface area contributed by atoms with Crippen molar-refractivity contribution in [3.05, 3.63) is 64.3 Å². The molecule has 2 amide bonds. The monoisotopic (exact) mass is 424 g/mol. The zero-order valence-corrected chi connectivity index (χ0v) is 16.5. The fraction of sp³-hybridized carbons (Fsp3) is 0.238. The number of amides is 2. The third-order valence-corrected chi connectivity index (χ3v) is 5.43. The van der Waals surface area contributed by atoms with E-state index in [1.54, 1.807) is 0 Å². The quantitative estimate of drug-likeness (QED) is 0.567. The fourth-order valence-corrected chi connectivity index (χ4v) is 3.83. The summed E-state index contributed by atoms with van der Waals surface area (Å²) in [5.41, 5.74) is 3.05. The number of halogens is 1. The first kappa shape index (κ1) is 17.8. The Labute approximate surface area is 166 Å². The minimum atomic E-state index is -0.210. The summed E-state index contributed by atoms with van der Waals surface area (Å²) in [6.45, 7) is 1.51. The number of aromatic nitrogens is 1. The van der Waals surface area contributed by atoms with Crippen molar-refractivity contribution >= 4 is 44.2 Å². The second-order valence-corrected chi connectivity index (χ2v) is 7.47. The summed E-state index contributed by atoms with van der Waals surface area (Å²) < 4.78 is 1.01. The van der Waals surface area contributed by atoms with Crippen LogP contribution < -0.4 is 16.0 Å². The van der Waals surface area contributed by atoms with Gasteiger partial charge in [-0.15, -0.1) is 0 Å². The number of pyridine rings is 1. The first-order valence-electron chi connectivity index (χ1n) is 9.15. The minimum absolute atomic E-state index is 0.210. The first-order chi connectivity index (χ1) is 13.2. The maximum Gasteiger partial charge on any atom is 0.319 e. The van der Waals surface area contributed by atoms with Gasteiger partial charge in [0.05, 0.1) is 5.69 Å². The van der Waals surface area contributed by atoms with E-state index >= 15 is 0 Å². The Morgan fingerprint density at radius 2 is 1.96 bits per heavy atom. The van der Waals surface area contributed by atoms with Crippen LogP contribution in [0.1, 0.15) is 17.7 Å². The Bertz CT molecular complexity index is 989. The molecule has 0 saturated heterocycles. The molecule has 1 aliphatic heterocycles. The molecular weight excluding hydrogens is 404 g/mol. The Hall–Kier alpha value is -2.60. The van der Waals surface area contributed by atoms with Crippen molar-refractivity contribution in [3.63, 3.8) is 0 Å². The van der Waals surface area contributed by atoms with Crippen LogP contribution in [0.3, 0.4) is 0 Å². The van der Waals surface area contributed by atoms with E-state index in [2.05, 4.69) is 42.9 Å². The predicted molar refractivity (Wildman–Crippen MR) is 113 cm³/mol. The number of urea groups is 1. The van der Waals surface area contributed by atoms with E-state index in [1.165, 1.54) is 5.56 Å². The van der Waals surface area contributed by atoms with Crippen molar-refractivity contribution in [1.82, 2.24) is 10.3 Å². The number of hydrogen-bond acceptors (Lipinski definition) is 3. The molecule has 0 atom stereocenters. The fourth-order valence-electron chi connectivity index (χ4n) is 3.35. The van der Waals surface area contributed by atoms with E-state index in [1.807, 2.05) is 42.5 Å². The lowest BCUT2D eigenvalue weighted by molar-refractivity contribution is 0.252. The molecule has 6 heteroatoms. The topological polar surface area (TPSA) is 66.0 Å². The van der Waals surface area contributed by atoms with E-state index < -0.39 is 0 Å². The van der Waals surface area contributed by atoms with Gasteiger partial charge in [0.2, 0.25) is 0 Å². The van der Waals surface area contributed by atoms with Crippen LogP contribution in [0.15, 0.2) is 53.0 Å². The second-order valence-electron chi connectivity index (χ2n) is 6.61. The molecule has 0 spiro atoms. The average Bonchev–Trinajstić information content (AvgIpc) is 2.70. The Morgan fingerprint density at radius 3 is 2.85 bits per heavy atom. The predicted octanol–water partition coefficient (Wildman–Crippen LogP) is 4.72. The van der Waals surface area contributed by atoms with Gasteiger partial charge in [-0.1, -0.05) is 46.3 Å². The summed E-state index contributed by atoms with van der Waals surface area (Å²) >= 11 is 3.55. The zero-order valence-electron chi connectivity index (χ0n) is 14.9. The lowest BCUT2D eigenvalue weighted by Crippen LogP contribution is -2.30. The molecule has 4 rings (SSSR count). The van der Waals surface area contributed by atoms with Crippen LogP contribution in [0, 0.1) is 0 Å². The molecule has 2 aromatic carbocycles. The molecule has 27 heavy (non-hydrogen) atoms. The molecule has 0 unspecified atom stereocenters. The van der Waals surface area contributed by atoms with Gasteiger partial charge in [-0.25, -0.2) is 9.78 Å². The van der Waals surface area contributed by atoms with Gasteiger partial charge in [-0.3, -0.25) is 0 Å². The molecule has 3 N–H and O–H groups in total. The number of benzene rings is 2. The van der Waals surface area contributed by atoms with Gasteiger partial charge in [-0.2, -0.15) is 0 Å². The molecule has 0 radical (unpaired) electrons. The SMILES string of the molecule is O=C(NCCc1ccc2c(n1)NCCC2)Nc1ccc(Br)c2ccccc12. The Kier molecular flexibility index (Phi) is 5.25. The molecule has 0 fully saturated rings. The van der Waals surface area contributed by atoms with E-state index in [0.29, 0.717) is 13.0 Å². The maximum absolute atomic E-state index is 12.3. The highest BCUT2D eigenvalue weighted by Crippen LogP contribution is 2.29. The van der Waals surface area contributed by atoms with Crippen molar-refractivity contribution in [3.8, 4) is 0 Å². The van der Waals surface area contributed by atoms with E-state index in [9.17, 15) is 4.79 Å². The highest BCUT2D eigenvalue weighted by molar-refractivity contribution is 9.10. The summed E-state index contributed by atoms with van der Waals surface area (Å²) in [7, 11) is 0. The molecule has 138 valence electrons. The number of rotatable bonds is 4. The third-order valence-electron chi connectivity index (χ3n) is 4.74. The maximum atomic E-state index is 12.3. The Balaban J connectivity index is 1.36. The minimum Gasteiger partial charge on any atom is -0.370 e. The zero-order chi connectivity index (χ0) is 18.6. The molecule has 5 nitrogen and oxygen atoms in total. The molecule has 2 heterocycles. The van der Waals surface area contributed by atoms with Gasteiger partial charge < -0.3 is 16.0 Å². The lowest BCUT2D eigenvalue weighted by atomic mass is 10.1. The third kappa shape index (κ3) is 4.06. The number of aryl methyl sites for hydroxylation is 1. The van der Waals surface area contributed by atoms with Crippen LogP contribution in [0.2, 0.25) is 0 Å². The van der Waals surface area contributed by atoms with Crippen LogP contribution in [-0.4, -0.2) is 24.1 Å². The summed E-state index contributed by atoms with van der Waals surface area (Å²) in [4.78, 5) is 17.0. The highest BCUT2D eigenvalue weighted by Gasteiger charge is 2.11. The molecule has 1 aliphatic rings. The molecule has 1 aromatic heterocycles. The van der Waals surface area contributed by atoms with Gasteiger partial charge in [-0.05, 0) is 42.0 Å². The van der Waals surface area contributed by atoms with Gasteiger partial charge in [0.15, 0.2) is 0 Å². The Morgan fingerprint density at radius 1 is 1.11 bits per heavy atom. The number of nitrogens with one attached hydrogen (secondary N) is 3. The van der Waals surface area contributed by atoms with Crippen LogP contribution in [0.4, 0.5) is 16.3 Å². The van der Waals surface area contributed by atoms with E-state index in [4.69, 9.17) is 0 Å². The smallest absolute Gasteiger partial charge is 0.319 e. The number of anilines is 2. The van der Waals surface area contributed by atoms with Crippen molar-refractivity contribution in [2.45, 2.75) is 19.3 Å². The molecule has 0 aliphatic carbocycles. The first-order valence-corrected chi connectivity index (χ1v) is 9.95. The molecule has 0 bridgehead atoms. The molecular formula is C21H21BrN4O. The van der Waals surface area contributed by atoms with E-state index in [0.717, 1.165) is 51.8 Å². The van der Waals surface area contributed by atoms with Gasteiger partial charge in [0.25, 0.3) is 0 Å².